The number of ether oxygens (including phenoxy) is 1. The maximum atomic E-state index is 12.5. The van der Waals surface area contributed by atoms with Crippen LogP contribution in [0, 0.1) is 0 Å². The van der Waals surface area contributed by atoms with Gasteiger partial charge in [0, 0.05) is 0 Å². The third-order valence-electron chi connectivity index (χ3n) is 2.10. The van der Waals surface area contributed by atoms with E-state index in [4.69, 9.17) is 0 Å². The molecule has 1 aromatic rings. The Balaban J connectivity index is 3.22. The molecule has 1 rings (SSSR count). The van der Waals surface area contributed by atoms with E-state index in [-0.39, 0.29) is 5.75 Å². The zero-order chi connectivity index (χ0) is 12.3. The van der Waals surface area contributed by atoms with Crippen LogP contribution in [0.25, 0.3) is 0 Å². The predicted octanol–water partition coefficient (Wildman–Crippen LogP) is 2.93. The molecule has 0 aliphatic heterocycles. The first kappa shape index (κ1) is 12.6. The van der Waals surface area contributed by atoms with Crippen molar-refractivity contribution in [1.29, 1.82) is 0 Å². The maximum Gasteiger partial charge on any atom is 0.419 e. The Morgan fingerprint density at radius 3 is 2.50 bits per heavy atom. The second-order valence-corrected chi connectivity index (χ2v) is 3.14. The van der Waals surface area contributed by atoms with Gasteiger partial charge in [-0.05, 0) is 17.7 Å². The summed E-state index contributed by atoms with van der Waals surface area (Å²) in [5.41, 5.74) is -0.560. The summed E-state index contributed by atoms with van der Waals surface area (Å²) >= 11 is 0. The Morgan fingerprint density at radius 2 is 2.06 bits per heavy atom. The molecule has 5 heteroatoms. The molecule has 0 aromatic heterocycles. The van der Waals surface area contributed by atoms with Gasteiger partial charge in [0.2, 0.25) is 0 Å². The molecule has 0 saturated heterocycles. The van der Waals surface area contributed by atoms with Gasteiger partial charge in [0.15, 0.2) is 0 Å². The summed E-state index contributed by atoms with van der Waals surface area (Å²) in [4.78, 5) is 0. The lowest BCUT2D eigenvalue weighted by molar-refractivity contribution is -0.138. The van der Waals surface area contributed by atoms with Crippen LogP contribution in [0.3, 0.4) is 0 Å². The number of aliphatic hydroxyl groups is 1. The van der Waals surface area contributed by atoms with Crippen molar-refractivity contribution >= 4 is 0 Å². The van der Waals surface area contributed by atoms with E-state index in [1.807, 2.05) is 0 Å². The van der Waals surface area contributed by atoms with Crippen molar-refractivity contribution in [1.82, 2.24) is 0 Å². The van der Waals surface area contributed by atoms with Crippen molar-refractivity contribution < 1.29 is 23.0 Å². The third kappa shape index (κ3) is 2.55. The highest BCUT2D eigenvalue weighted by molar-refractivity contribution is 5.40. The van der Waals surface area contributed by atoms with Crippen LogP contribution in [0.1, 0.15) is 17.2 Å². The summed E-state index contributed by atoms with van der Waals surface area (Å²) < 4.78 is 42.1. The zero-order valence-corrected chi connectivity index (χ0v) is 8.58. The SMILES string of the molecule is C=CC(O)c1ccc(C(F)(F)F)c(OC)c1. The predicted molar refractivity (Wildman–Crippen MR) is 53.2 cm³/mol. The van der Waals surface area contributed by atoms with Crippen molar-refractivity contribution in [3.05, 3.63) is 42.0 Å². The number of rotatable bonds is 3. The highest BCUT2D eigenvalue weighted by atomic mass is 19.4. The minimum Gasteiger partial charge on any atom is -0.496 e. The van der Waals surface area contributed by atoms with Gasteiger partial charge in [-0.25, -0.2) is 0 Å². The van der Waals surface area contributed by atoms with Crippen LogP contribution in [0.4, 0.5) is 13.2 Å². The monoisotopic (exact) mass is 232 g/mol. The van der Waals surface area contributed by atoms with Crippen LogP contribution in [0.5, 0.6) is 5.75 Å². The van der Waals surface area contributed by atoms with Gasteiger partial charge in [0.25, 0.3) is 0 Å². The molecular formula is C11H11F3O2. The van der Waals surface area contributed by atoms with Crippen LogP contribution in [0.2, 0.25) is 0 Å². The van der Waals surface area contributed by atoms with E-state index in [0.717, 1.165) is 19.2 Å². The van der Waals surface area contributed by atoms with Crippen LogP contribution in [0.15, 0.2) is 30.9 Å². The molecule has 0 fully saturated rings. The summed E-state index contributed by atoms with van der Waals surface area (Å²) in [5.74, 6) is -0.314. The van der Waals surface area contributed by atoms with E-state index >= 15 is 0 Å². The number of alkyl halides is 3. The number of methoxy groups -OCH3 is 1. The molecule has 0 spiro atoms. The molecule has 16 heavy (non-hydrogen) atoms. The highest BCUT2D eigenvalue weighted by Gasteiger charge is 2.34. The summed E-state index contributed by atoms with van der Waals surface area (Å²) in [6.07, 6.45) is -4.25. The lowest BCUT2D eigenvalue weighted by Gasteiger charge is -2.14. The van der Waals surface area contributed by atoms with Crippen LogP contribution in [-0.2, 0) is 6.18 Å². The van der Waals surface area contributed by atoms with E-state index in [0.29, 0.717) is 5.56 Å². The Bertz CT molecular complexity index is 385. The third-order valence-corrected chi connectivity index (χ3v) is 2.10. The quantitative estimate of drug-likeness (QED) is 0.812. The van der Waals surface area contributed by atoms with Crippen LogP contribution >= 0.6 is 0 Å². The molecule has 0 radical (unpaired) electrons. The average Bonchev–Trinajstić information content (AvgIpc) is 2.25. The molecule has 1 aromatic carbocycles. The normalized spacial score (nSPS) is 13.3. The molecule has 2 nitrogen and oxygen atoms in total. The van der Waals surface area contributed by atoms with Crippen molar-refractivity contribution in [3.8, 4) is 5.75 Å². The van der Waals surface area contributed by atoms with E-state index in [1.54, 1.807) is 0 Å². The summed E-state index contributed by atoms with van der Waals surface area (Å²) in [6.45, 7) is 3.35. The smallest absolute Gasteiger partial charge is 0.419 e. The lowest BCUT2D eigenvalue weighted by atomic mass is 10.1. The fraction of sp³-hybridized carbons (Fsp3) is 0.273. The first-order valence-corrected chi connectivity index (χ1v) is 4.46. The van der Waals surface area contributed by atoms with E-state index < -0.39 is 17.8 Å². The molecule has 1 unspecified atom stereocenters. The minimum atomic E-state index is -4.47. The molecule has 88 valence electrons. The lowest BCUT2D eigenvalue weighted by Crippen LogP contribution is -2.08. The molecule has 0 aliphatic rings. The molecule has 1 atom stereocenters. The molecule has 0 aliphatic carbocycles. The number of hydrogen-bond acceptors (Lipinski definition) is 2. The topological polar surface area (TPSA) is 29.5 Å². The first-order valence-electron chi connectivity index (χ1n) is 4.46. The summed E-state index contributed by atoms with van der Waals surface area (Å²) in [6, 6.07) is 3.22. The van der Waals surface area contributed by atoms with Crippen molar-refractivity contribution in [2.45, 2.75) is 12.3 Å². The Labute approximate surface area is 91.0 Å². The molecule has 0 amide bonds. The van der Waals surface area contributed by atoms with Gasteiger partial charge in [-0.15, -0.1) is 6.58 Å². The summed E-state index contributed by atoms with van der Waals surface area (Å²) in [5, 5.41) is 9.39. The Hall–Kier alpha value is -1.49. The largest absolute Gasteiger partial charge is 0.496 e. The van der Waals surface area contributed by atoms with Gasteiger partial charge in [-0.3, -0.25) is 0 Å². The number of aliphatic hydroxyl groups excluding tert-OH is 1. The van der Waals surface area contributed by atoms with Gasteiger partial charge in [0.05, 0.1) is 18.8 Å². The number of benzene rings is 1. The fourth-order valence-electron chi connectivity index (χ4n) is 1.26. The van der Waals surface area contributed by atoms with Gasteiger partial charge in [0.1, 0.15) is 5.75 Å². The molecule has 0 saturated carbocycles. The van der Waals surface area contributed by atoms with Crippen LogP contribution in [-0.4, -0.2) is 12.2 Å². The number of halogens is 3. The highest BCUT2D eigenvalue weighted by Crippen LogP contribution is 2.37. The Kier molecular flexibility index (Phi) is 3.59. The average molecular weight is 232 g/mol. The summed E-state index contributed by atoms with van der Waals surface area (Å²) in [7, 11) is 1.15. The maximum absolute atomic E-state index is 12.5. The van der Waals surface area contributed by atoms with Crippen molar-refractivity contribution in [3.63, 3.8) is 0 Å². The first-order chi connectivity index (χ1) is 7.40. The second kappa shape index (κ2) is 4.57. The van der Waals surface area contributed by atoms with Gasteiger partial charge < -0.3 is 9.84 Å². The van der Waals surface area contributed by atoms with Crippen LogP contribution < -0.4 is 4.74 Å². The molecular weight excluding hydrogens is 221 g/mol. The number of hydrogen-bond donors (Lipinski definition) is 1. The van der Waals surface area contributed by atoms with E-state index in [9.17, 15) is 18.3 Å². The fourth-order valence-corrected chi connectivity index (χ4v) is 1.26. The second-order valence-electron chi connectivity index (χ2n) is 3.14. The van der Waals surface area contributed by atoms with Gasteiger partial charge >= 0.3 is 6.18 Å². The molecule has 1 N–H and O–H groups in total. The standard InChI is InChI=1S/C11H11F3O2/c1-3-9(15)7-4-5-8(11(12,13)14)10(6-7)16-2/h3-6,9,15H,1H2,2H3. The molecule has 0 bridgehead atoms. The minimum absolute atomic E-state index is 0.305. The van der Waals surface area contributed by atoms with Gasteiger partial charge in [-0.2, -0.15) is 13.2 Å². The zero-order valence-electron chi connectivity index (χ0n) is 8.58. The molecule has 0 heterocycles. The van der Waals surface area contributed by atoms with E-state index in [2.05, 4.69) is 11.3 Å². The Morgan fingerprint density at radius 1 is 1.44 bits per heavy atom. The van der Waals surface area contributed by atoms with Gasteiger partial charge in [-0.1, -0.05) is 12.1 Å². The van der Waals surface area contributed by atoms with E-state index in [1.165, 1.54) is 12.1 Å². The van der Waals surface area contributed by atoms with Crippen molar-refractivity contribution in [2.75, 3.05) is 7.11 Å². The van der Waals surface area contributed by atoms with Crippen molar-refractivity contribution in [2.24, 2.45) is 0 Å².